The van der Waals surface area contributed by atoms with Crippen LogP contribution in [0.3, 0.4) is 0 Å². The molecule has 0 radical (unpaired) electrons. The molecule has 2 atom stereocenters. The molecule has 0 aromatic carbocycles. The Balaban J connectivity index is 1.92. The van der Waals surface area contributed by atoms with E-state index in [9.17, 15) is 14.7 Å². The number of amides is 1. The zero-order chi connectivity index (χ0) is 13.8. The van der Waals surface area contributed by atoms with Gasteiger partial charge < -0.3 is 15.4 Å². The SMILES string of the molecule is Cc1cc(=O)c(C(=O)NCC2CCCC(O)C2)c[nH]1. The van der Waals surface area contributed by atoms with Crippen molar-refractivity contribution in [3.63, 3.8) is 0 Å². The molecule has 0 spiro atoms. The van der Waals surface area contributed by atoms with Gasteiger partial charge in [0.05, 0.1) is 6.10 Å². The fourth-order valence-corrected chi connectivity index (χ4v) is 2.53. The quantitative estimate of drug-likeness (QED) is 0.760. The van der Waals surface area contributed by atoms with Gasteiger partial charge in [-0.1, -0.05) is 6.42 Å². The molecule has 5 heteroatoms. The maximum absolute atomic E-state index is 11.9. The van der Waals surface area contributed by atoms with Crippen LogP contribution in [-0.2, 0) is 0 Å². The molecule has 0 saturated heterocycles. The van der Waals surface area contributed by atoms with Gasteiger partial charge >= 0.3 is 0 Å². The summed E-state index contributed by atoms with van der Waals surface area (Å²) in [6.07, 6.45) is 4.78. The van der Waals surface area contributed by atoms with E-state index in [4.69, 9.17) is 0 Å². The van der Waals surface area contributed by atoms with Crippen LogP contribution in [0.4, 0.5) is 0 Å². The van der Waals surface area contributed by atoms with E-state index < -0.39 is 0 Å². The Bertz CT molecular complexity index is 510. The Morgan fingerprint density at radius 1 is 1.53 bits per heavy atom. The number of aliphatic hydroxyl groups excluding tert-OH is 1. The van der Waals surface area contributed by atoms with E-state index in [-0.39, 0.29) is 23.0 Å². The molecule has 5 nitrogen and oxygen atoms in total. The molecule has 1 aromatic heterocycles. The Morgan fingerprint density at radius 2 is 2.32 bits per heavy atom. The number of aryl methyl sites for hydroxylation is 1. The van der Waals surface area contributed by atoms with Crippen LogP contribution >= 0.6 is 0 Å². The zero-order valence-electron chi connectivity index (χ0n) is 11.1. The second kappa shape index (κ2) is 6.02. The third kappa shape index (κ3) is 3.67. The maximum atomic E-state index is 11.9. The lowest BCUT2D eigenvalue weighted by Gasteiger charge is -2.25. The molecule has 1 aliphatic rings. The lowest BCUT2D eigenvalue weighted by Crippen LogP contribution is -2.35. The van der Waals surface area contributed by atoms with Crippen LogP contribution < -0.4 is 10.7 Å². The summed E-state index contributed by atoms with van der Waals surface area (Å²) < 4.78 is 0. The van der Waals surface area contributed by atoms with Gasteiger partial charge in [-0.15, -0.1) is 0 Å². The highest BCUT2D eigenvalue weighted by atomic mass is 16.3. The molecule has 1 aliphatic carbocycles. The summed E-state index contributed by atoms with van der Waals surface area (Å²) >= 11 is 0. The van der Waals surface area contributed by atoms with Crippen molar-refractivity contribution in [3.05, 3.63) is 33.7 Å². The Labute approximate surface area is 112 Å². The molecule has 1 aromatic rings. The Morgan fingerprint density at radius 3 is 3.00 bits per heavy atom. The van der Waals surface area contributed by atoms with E-state index in [0.717, 1.165) is 31.4 Å². The molecular weight excluding hydrogens is 244 g/mol. The average Bonchev–Trinajstić information content (AvgIpc) is 2.36. The minimum atomic E-state index is -0.346. The summed E-state index contributed by atoms with van der Waals surface area (Å²) in [7, 11) is 0. The third-order valence-corrected chi connectivity index (χ3v) is 3.61. The minimum Gasteiger partial charge on any atom is -0.393 e. The summed E-state index contributed by atoms with van der Waals surface area (Å²) in [6, 6.07) is 1.42. The largest absolute Gasteiger partial charge is 0.393 e. The van der Waals surface area contributed by atoms with Gasteiger partial charge in [0.2, 0.25) is 0 Å². The van der Waals surface area contributed by atoms with Crippen molar-refractivity contribution in [3.8, 4) is 0 Å². The van der Waals surface area contributed by atoms with Crippen LogP contribution in [0, 0.1) is 12.8 Å². The van der Waals surface area contributed by atoms with Gasteiger partial charge in [0.1, 0.15) is 5.56 Å². The molecule has 0 aliphatic heterocycles. The molecule has 3 N–H and O–H groups in total. The molecule has 1 amide bonds. The van der Waals surface area contributed by atoms with Gasteiger partial charge in [0.25, 0.3) is 5.91 Å². The van der Waals surface area contributed by atoms with E-state index in [0.29, 0.717) is 12.5 Å². The predicted molar refractivity (Wildman–Crippen MR) is 72.1 cm³/mol. The zero-order valence-corrected chi connectivity index (χ0v) is 11.1. The maximum Gasteiger partial charge on any atom is 0.256 e. The van der Waals surface area contributed by atoms with Crippen molar-refractivity contribution in [2.75, 3.05) is 6.54 Å². The van der Waals surface area contributed by atoms with E-state index in [1.54, 1.807) is 6.92 Å². The number of pyridine rings is 1. The predicted octanol–water partition coefficient (Wildman–Crippen LogP) is 0.964. The summed E-state index contributed by atoms with van der Waals surface area (Å²) in [5.41, 5.74) is 0.608. The molecule has 1 heterocycles. The Kier molecular flexibility index (Phi) is 4.37. The fourth-order valence-electron chi connectivity index (χ4n) is 2.53. The fraction of sp³-hybridized carbons (Fsp3) is 0.571. The number of hydrogen-bond donors (Lipinski definition) is 3. The second-order valence-electron chi connectivity index (χ2n) is 5.29. The number of H-pyrrole nitrogens is 1. The molecular formula is C14H20N2O3. The van der Waals surface area contributed by atoms with Crippen molar-refractivity contribution in [2.45, 2.75) is 38.7 Å². The lowest BCUT2D eigenvalue weighted by molar-refractivity contribution is 0.0873. The summed E-state index contributed by atoms with van der Waals surface area (Å²) in [5.74, 6) is -0.0430. The molecule has 2 unspecified atom stereocenters. The van der Waals surface area contributed by atoms with Crippen LogP contribution in [0.1, 0.15) is 41.7 Å². The van der Waals surface area contributed by atoms with Crippen molar-refractivity contribution < 1.29 is 9.90 Å². The van der Waals surface area contributed by atoms with Crippen LogP contribution in [0.25, 0.3) is 0 Å². The van der Waals surface area contributed by atoms with Crippen molar-refractivity contribution in [1.82, 2.24) is 10.3 Å². The number of carbonyl (C=O) groups excluding carboxylic acids is 1. The summed E-state index contributed by atoms with van der Waals surface area (Å²) in [6.45, 7) is 2.29. The first-order valence-electron chi connectivity index (χ1n) is 6.72. The second-order valence-corrected chi connectivity index (χ2v) is 5.29. The lowest BCUT2D eigenvalue weighted by atomic mass is 9.87. The standard InChI is InChI=1S/C14H20N2O3/c1-9-5-13(18)12(8-15-9)14(19)16-7-10-3-2-4-11(17)6-10/h5,8,10-11,17H,2-4,6-7H2,1H3,(H,15,18)(H,16,19). The summed E-state index contributed by atoms with van der Waals surface area (Å²) in [5, 5.41) is 12.3. The highest BCUT2D eigenvalue weighted by Gasteiger charge is 2.21. The first kappa shape index (κ1) is 13.8. The smallest absolute Gasteiger partial charge is 0.256 e. The summed E-state index contributed by atoms with van der Waals surface area (Å²) in [4.78, 5) is 26.4. The monoisotopic (exact) mass is 264 g/mol. The van der Waals surface area contributed by atoms with Crippen LogP contribution in [0.15, 0.2) is 17.1 Å². The van der Waals surface area contributed by atoms with Crippen LogP contribution in [0.5, 0.6) is 0 Å². The number of rotatable bonds is 3. The molecule has 104 valence electrons. The Hall–Kier alpha value is -1.62. The van der Waals surface area contributed by atoms with E-state index in [2.05, 4.69) is 10.3 Å². The van der Waals surface area contributed by atoms with Crippen LogP contribution in [-0.4, -0.2) is 28.6 Å². The number of hydrogen-bond acceptors (Lipinski definition) is 3. The van der Waals surface area contributed by atoms with Crippen molar-refractivity contribution >= 4 is 5.91 Å². The molecule has 1 saturated carbocycles. The first-order chi connectivity index (χ1) is 9.06. The highest BCUT2D eigenvalue weighted by Crippen LogP contribution is 2.23. The van der Waals surface area contributed by atoms with Gasteiger partial charge in [0.15, 0.2) is 5.43 Å². The molecule has 0 bridgehead atoms. The molecule has 2 rings (SSSR count). The number of aliphatic hydroxyl groups is 1. The minimum absolute atomic E-state index is 0.141. The van der Waals surface area contributed by atoms with E-state index >= 15 is 0 Å². The van der Waals surface area contributed by atoms with Crippen molar-refractivity contribution in [2.24, 2.45) is 5.92 Å². The number of nitrogens with one attached hydrogen (secondary N) is 2. The van der Waals surface area contributed by atoms with Crippen molar-refractivity contribution in [1.29, 1.82) is 0 Å². The van der Waals surface area contributed by atoms with Gasteiger partial charge in [0, 0.05) is 24.5 Å². The first-order valence-corrected chi connectivity index (χ1v) is 6.72. The number of aromatic nitrogens is 1. The number of aromatic amines is 1. The number of carbonyl (C=O) groups is 1. The van der Waals surface area contributed by atoms with E-state index in [1.807, 2.05) is 0 Å². The van der Waals surface area contributed by atoms with Gasteiger partial charge in [-0.2, -0.15) is 0 Å². The topological polar surface area (TPSA) is 82.2 Å². The van der Waals surface area contributed by atoms with Crippen LogP contribution in [0.2, 0.25) is 0 Å². The molecule has 1 fully saturated rings. The van der Waals surface area contributed by atoms with Gasteiger partial charge in [-0.25, -0.2) is 0 Å². The normalized spacial score (nSPS) is 23.1. The van der Waals surface area contributed by atoms with Gasteiger partial charge in [-0.05, 0) is 32.1 Å². The highest BCUT2D eigenvalue weighted by molar-refractivity contribution is 5.93. The molecule has 19 heavy (non-hydrogen) atoms. The van der Waals surface area contributed by atoms with Gasteiger partial charge in [-0.3, -0.25) is 9.59 Å². The van der Waals surface area contributed by atoms with E-state index in [1.165, 1.54) is 12.3 Å². The third-order valence-electron chi connectivity index (χ3n) is 3.61. The average molecular weight is 264 g/mol.